The van der Waals surface area contributed by atoms with Crippen LogP contribution in [0.1, 0.15) is 41.5 Å². The SMILES string of the molecule is CCOC(C)(OCC)OC(C)(C)C. The van der Waals surface area contributed by atoms with Gasteiger partial charge in [-0.15, -0.1) is 0 Å². The van der Waals surface area contributed by atoms with Crippen molar-refractivity contribution in [2.45, 2.75) is 53.1 Å². The average molecular weight is 190 g/mol. The fourth-order valence-electron chi connectivity index (χ4n) is 1.18. The molecule has 0 amide bonds. The number of hydrogen-bond donors (Lipinski definition) is 0. The third-order valence-electron chi connectivity index (χ3n) is 1.30. The van der Waals surface area contributed by atoms with Gasteiger partial charge in [0.05, 0.1) is 5.60 Å². The first-order chi connectivity index (χ1) is 5.83. The molecule has 0 atom stereocenters. The van der Waals surface area contributed by atoms with E-state index in [1.807, 2.05) is 34.6 Å². The lowest BCUT2D eigenvalue weighted by Crippen LogP contribution is -2.42. The molecule has 3 nitrogen and oxygen atoms in total. The van der Waals surface area contributed by atoms with Gasteiger partial charge < -0.3 is 14.2 Å². The minimum absolute atomic E-state index is 0.265. The lowest BCUT2D eigenvalue weighted by atomic mass is 10.2. The Hall–Kier alpha value is -0.120. The second kappa shape index (κ2) is 4.94. The van der Waals surface area contributed by atoms with E-state index >= 15 is 0 Å². The van der Waals surface area contributed by atoms with Gasteiger partial charge in [0.2, 0.25) is 0 Å². The maximum atomic E-state index is 5.66. The van der Waals surface area contributed by atoms with Gasteiger partial charge >= 0.3 is 0 Å². The molecule has 0 aromatic heterocycles. The summed E-state index contributed by atoms with van der Waals surface area (Å²) in [6.45, 7) is 12.7. The van der Waals surface area contributed by atoms with E-state index in [9.17, 15) is 0 Å². The minimum atomic E-state index is -0.915. The predicted octanol–water partition coefficient (Wildman–Crippen LogP) is 2.55. The average Bonchev–Trinajstić information content (AvgIpc) is 1.82. The van der Waals surface area contributed by atoms with E-state index in [1.165, 1.54) is 0 Å². The molecule has 0 aromatic carbocycles. The molecular weight excluding hydrogens is 168 g/mol. The number of rotatable bonds is 5. The van der Waals surface area contributed by atoms with Crippen molar-refractivity contribution in [2.75, 3.05) is 13.2 Å². The van der Waals surface area contributed by atoms with Crippen LogP contribution in [-0.2, 0) is 14.2 Å². The van der Waals surface area contributed by atoms with Crippen LogP contribution in [0, 0.1) is 0 Å². The van der Waals surface area contributed by atoms with Gasteiger partial charge in [0, 0.05) is 20.1 Å². The Morgan fingerprint density at radius 3 is 1.46 bits per heavy atom. The Morgan fingerprint density at radius 2 is 1.23 bits per heavy atom. The van der Waals surface area contributed by atoms with E-state index in [2.05, 4.69) is 0 Å². The van der Waals surface area contributed by atoms with E-state index in [0.717, 1.165) is 0 Å². The highest BCUT2D eigenvalue weighted by atomic mass is 16.9. The summed E-state index contributed by atoms with van der Waals surface area (Å²) in [4.78, 5) is 0. The first-order valence-electron chi connectivity index (χ1n) is 4.81. The van der Waals surface area contributed by atoms with Crippen molar-refractivity contribution in [1.82, 2.24) is 0 Å². The van der Waals surface area contributed by atoms with E-state index in [0.29, 0.717) is 13.2 Å². The summed E-state index contributed by atoms with van der Waals surface area (Å²) in [7, 11) is 0. The molecule has 0 aliphatic rings. The van der Waals surface area contributed by atoms with Gasteiger partial charge in [0.25, 0.3) is 5.97 Å². The summed E-state index contributed by atoms with van der Waals surface area (Å²) < 4.78 is 16.5. The molecule has 0 N–H and O–H groups in total. The summed E-state index contributed by atoms with van der Waals surface area (Å²) in [5.74, 6) is -0.915. The quantitative estimate of drug-likeness (QED) is 0.623. The van der Waals surface area contributed by atoms with Crippen LogP contribution >= 0.6 is 0 Å². The predicted molar refractivity (Wildman–Crippen MR) is 52.5 cm³/mol. The molecule has 13 heavy (non-hydrogen) atoms. The lowest BCUT2D eigenvalue weighted by Gasteiger charge is -2.35. The van der Waals surface area contributed by atoms with Crippen molar-refractivity contribution in [3.63, 3.8) is 0 Å². The third kappa shape index (κ3) is 6.02. The molecule has 0 saturated heterocycles. The van der Waals surface area contributed by atoms with E-state index < -0.39 is 5.97 Å². The zero-order chi connectivity index (χ0) is 10.5. The monoisotopic (exact) mass is 190 g/mol. The smallest absolute Gasteiger partial charge is 0.280 e. The summed E-state index contributed by atoms with van der Waals surface area (Å²) >= 11 is 0. The van der Waals surface area contributed by atoms with Gasteiger partial charge in [-0.3, -0.25) is 0 Å². The van der Waals surface area contributed by atoms with Crippen molar-refractivity contribution >= 4 is 0 Å². The van der Waals surface area contributed by atoms with E-state index in [1.54, 1.807) is 6.92 Å². The Bertz CT molecular complexity index is 132. The Kier molecular flexibility index (Phi) is 4.89. The van der Waals surface area contributed by atoms with Gasteiger partial charge in [-0.1, -0.05) is 0 Å². The first kappa shape index (κ1) is 12.9. The number of hydrogen-bond acceptors (Lipinski definition) is 3. The molecule has 0 radical (unpaired) electrons. The third-order valence-corrected chi connectivity index (χ3v) is 1.30. The zero-order valence-electron chi connectivity index (χ0n) is 9.64. The lowest BCUT2D eigenvalue weighted by molar-refractivity contribution is -0.393. The highest BCUT2D eigenvalue weighted by Gasteiger charge is 2.31. The van der Waals surface area contributed by atoms with Crippen molar-refractivity contribution in [3.8, 4) is 0 Å². The van der Waals surface area contributed by atoms with Crippen LogP contribution in [0.3, 0.4) is 0 Å². The van der Waals surface area contributed by atoms with E-state index in [-0.39, 0.29) is 5.60 Å². The number of ether oxygens (including phenoxy) is 3. The molecule has 0 spiro atoms. The summed E-state index contributed by atoms with van der Waals surface area (Å²) in [5.41, 5.74) is -0.265. The summed E-state index contributed by atoms with van der Waals surface area (Å²) in [5, 5.41) is 0. The molecule has 0 unspecified atom stereocenters. The maximum Gasteiger partial charge on any atom is 0.280 e. The zero-order valence-corrected chi connectivity index (χ0v) is 9.64. The van der Waals surface area contributed by atoms with Crippen LogP contribution in [0.4, 0.5) is 0 Å². The highest BCUT2D eigenvalue weighted by molar-refractivity contribution is 4.63. The fraction of sp³-hybridized carbons (Fsp3) is 1.00. The maximum absolute atomic E-state index is 5.66. The molecule has 80 valence electrons. The standard InChI is InChI=1S/C10H22O3/c1-7-11-10(6,12-8-2)13-9(3,4)5/h7-8H2,1-6H3. The highest BCUT2D eigenvalue weighted by Crippen LogP contribution is 2.22. The Morgan fingerprint density at radius 1 is 0.846 bits per heavy atom. The largest absolute Gasteiger partial charge is 0.328 e. The molecule has 0 aromatic rings. The summed E-state index contributed by atoms with van der Waals surface area (Å²) in [6.07, 6.45) is 0. The molecular formula is C10H22O3. The van der Waals surface area contributed by atoms with Crippen LogP contribution in [0.5, 0.6) is 0 Å². The molecule has 0 aliphatic heterocycles. The molecule has 0 saturated carbocycles. The van der Waals surface area contributed by atoms with Crippen LogP contribution in [0.15, 0.2) is 0 Å². The summed E-state index contributed by atoms with van der Waals surface area (Å²) in [6, 6.07) is 0. The molecule has 0 bridgehead atoms. The molecule has 0 rings (SSSR count). The van der Waals surface area contributed by atoms with E-state index in [4.69, 9.17) is 14.2 Å². The topological polar surface area (TPSA) is 27.7 Å². The van der Waals surface area contributed by atoms with Gasteiger partial charge in [0.15, 0.2) is 0 Å². The second-order valence-electron chi connectivity index (χ2n) is 3.94. The van der Waals surface area contributed by atoms with Gasteiger partial charge in [-0.05, 0) is 34.6 Å². The normalized spacial score (nSPS) is 13.4. The Labute approximate surface area is 81.4 Å². The van der Waals surface area contributed by atoms with Gasteiger partial charge in [0.1, 0.15) is 0 Å². The minimum Gasteiger partial charge on any atom is -0.328 e. The van der Waals surface area contributed by atoms with Crippen molar-refractivity contribution < 1.29 is 14.2 Å². The van der Waals surface area contributed by atoms with Crippen molar-refractivity contribution in [1.29, 1.82) is 0 Å². The Balaban J connectivity index is 4.22. The van der Waals surface area contributed by atoms with Crippen LogP contribution in [-0.4, -0.2) is 24.8 Å². The van der Waals surface area contributed by atoms with Crippen LogP contribution in [0.2, 0.25) is 0 Å². The molecule has 0 fully saturated rings. The van der Waals surface area contributed by atoms with Crippen molar-refractivity contribution in [2.24, 2.45) is 0 Å². The van der Waals surface area contributed by atoms with Crippen LogP contribution < -0.4 is 0 Å². The first-order valence-corrected chi connectivity index (χ1v) is 4.81. The van der Waals surface area contributed by atoms with Crippen molar-refractivity contribution in [3.05, 3.63) is 0 Å². The van der Waals surface area contributed by atoms with Crippen LogP contribution in [0.25, 0.3) is 0 Å². The van der Waals surface area contributed by atoms with Gasteiger partial charge in [-0.25, -0.2) is 0 Å². The fourth-order valence-corrected chi connectivity index (χ4v) is 1.18. The van der Waals surface area contributed by atoms with Gasteiger partial charge in [-0.2, -0.15) is 0 Å². The molecule has 0 aliphatic carbocycles. The molecule has 3 heteroatoms. The second-order valence-corrected chi connectivity index (χ2v) is 3.94. The molecule has 0 heterocycles.